The van der Waals surface area contributed by atoms with Crippen molar-refractivity contribution in [3.8, 4) is 0 Å². The molecule has 2 rings (SSSR count). The largest absolute Gasteiger partial charge is 0.366 e. The predicted octanol–water partition coefficient (Wildman–Crippen LogP) is 0.491. The van der Waals surface area contributed by atoms with Gasteiger partial charge in [0.2, 0.25) is 0 Å². The van der Waals surface area contributed by atoms with Crippen LogP contribution in [0.5, 0.6) is 0 Å². The number of hydrogen-bond acceptors (Lipinski definition) is 2. The van der Waals surface area contributed by atoms with Crippen LogP contribution in [0.2, 0.25) is 0 Å². The van der Waals surface area contributed by atoms with Gasteiger partial charge in [0.1, 0.15) is 6.10 Å². The van der Waals surface area contributed by atoms with Crippen molar-refractivity contribution in [3.63, 3.8) is 0 Å². The van der Waals surface area contributed by atoms with E-state index >= 15 is 0 Å². The zero-order valence-corrected chi connectivity index (χ0v) is 5.24. The first kappa shape index (κ1) is 4.99. The van der Waals surface area contributed by atoms with Crippen molar-refractivity contribution >= 4 is 0 Å². The van der Waals surface area contributed by atoms with Gasteiger partial charge in [-0.25, -0.2) is 4.98 Å². The minimum Gasteiger partial charge on any atom is -0.366 e. The van der Waals surface area contributed by atoms with Crippen molar-refractivity contribution < 1.29 is 4.74 Å². The Bertz CT molecular complexity index is 215. The van der Waals surface area contributed by atoms with E-state index in [-0.39, 0.29) is 0 Å². The van der Waals surface area contributed by atoms with Gasteiger partial charge >= 0.3 is 0 Å². The number of imidazole rings is 1. The molecule has 1 aliphatic rings. The Labute approximate surface area is 53.3 Å². The number of aromatic nitrogens is 2. The molecule has 1 saturated heterocycles. The summed E-state index contributed by atoms with van der Waals surface area (Å²) in [5, 5.41) is 0. The molecular weight excluding hydrogens is 116 g/mol. The number of nitrogens with zero attached hydrogens (tertiary/aromatic N) is 2. The van der Waals surface area contributed by atoms with Gasteiger partial charge in [0.25, 0.3) is 0 Å². The molecule has 1 aliphatic heterocycles. The van der Waals surface area contributed by atoms with E-state index in [0.29, 0.717) is 6.10 Å². The summed E-state index contributed by atoms with van der Waals surface area (Å²) < 4.78 is 7.06. The molecule has 0 aromatic carbocycles. The third-order valence-corrected chi connectivity index (χ3v) is 1.52. The van der Waals surface area contributed by atoms with E-state index in [9.17, 15) is 0 Å². The molecule has 0 N–H and O–H groups in total. The maximum absolute atomic E-state index is 5.07. The van der Waals surface area contributed by atoms with Crippen LogP contribution in [0.1, 0.15) is 11.8 Å². The Morgan fingerprint density at radius 3 is 3.11 bits per heavy atom. The fraction of sp³-hybridized carbons (Fsp3) is 0.500. The summed E-state index contributed by atoms with van der Waals surface area (Å²) in [7, 11) is 1.98. The first-order valence-corrected chi connectivity index (χ1v) is 2.96. The standard InChI is InChI=1S/C6H8N2O/c1-8-4-7-2-5(8)6-3-9-6/h2,4,6H,3H2,1H3/t6-/m0/s1. The van der Waals surface area contributed by atoms with E-state index in [4.69, 9.17) is 4.74 Å². The molecular formula is C6H8N2O. The SMILES string of the molecule is Cn1cncc1[C@@H]1CO1. The Morgan fingerprint density at radius 1 is 1.89 bits per heavy atom. The molecule has 3 heteroatoms. The average molecular weight is 124 g/mol. The van der Waals surface area contributed by atoms with E-state index < -0.39 is 0 Å². The number of ether oxygens (including phenoxy) is 1. The Kier molecular flexibility index (Phi) is 0.873. The third-order valence-electron chi connectivity index (χ3n) is 1.52. The third kappa shape index (κ3) is 0.733. The second kappa shape index (κ2) is 1.57. The molecule has 9 heavy (non-hydrogen) atoms. The highest BCUT2D eigenvalue weighted by molar-refractivity contribution is 5.06. The number of aryl methyl sites for hydroxylation is 1. The molecule has 0 unspecified atom stereocenters. The van der Waals surface area contributed by atoms with Gasteiger partial charge in [-0.3, -0.25) is 0 Å². The van der Waals surface area contributed by atoms with Crippen molar-refractivity contribution in [2.45, 2.75) is 6.10 Å². The lowest BCUT2D eigenvalue weighted by molar-refractivity contribution is 0.407. The minimum atomic E-state index is 0.331. The summed E-state index contributed by atoms with van der Waals surface area (Å²) in [5.74, 6) is 0. The van der Waals surface area contributed by atoms with Gasteiger partial charge in [-0.05, 0) is 0 Å². The smallest absolute Gasteiger partial charge is 0.122 e. The summed E-state index contributed by atoms with van der Waals surface area (Å²) in [5.41, 5.74) is 1.18. The van der Waals surface area contributed by atoms with Gasteiger partial charge in [-0.1, -0.05) is 0 Å². The van der Waals surface area contributed by atoms with Crippen molar-refractivity contribution in [2.75, 3.05) is 6.61 Å². The second-order valence-corrected chi connectivity index (χ2v) is 2.25. The second-order valence-electron chi connectivity index (χ2n) is 2.25. The maximum Gasteiger partial charge on any atom is 0.122 e. The molecule has 0 spiro atoms. The molecule has 0 bridgehead atoms. The van der Waals surface area contributed by atoms with Gasteiger partial charge in [0, 0.05) is 7.05 Å². The van der Waals surface area contributed by atoms with Gasteiger partial charge in [0.05, 0.1) is 24.8 Å². The lowest BCUT2D eigenvalue weighted by atomic mass is 10.4. The topological polar surface area (TPSA) is 30.4 Å². The zero-order valence-electron chi connectivity index (χ0n) is 5.24. The van der Waals surface area contributed by atoms with Crippen LogP contribution in [0, 0.1) is 0 Å². The summed E-state index contributed by atoms with van der Waals surface area (Å²) in [6, 6.07) is 0. The zero-order chi connectivity index (χ0) is 6.27. The molecule has 1 aromatic rings. The molecule has 0 saturated carbocycles. The summed E-state index contributed by atoms with van der Waals surface area (Å²) in [6.45, 7) is 0.861. The molecule has 3 nitrogen and oxygen atoms in total. The van der Waals surface area contributed by atoms with E-state index in [1.54, 1.807) is 6.33 Å². The van der Waals surface area contributed by atoms with Crippen LogP contribution < -0.4 is 0 Å². The molecule has 0 aliphatic carbocycles. The number of rotatable bonds is 1. The van der Waals surface area contributed by atoms with Crippen molar-refractivity contribution in [2.24, 2.45) is 7.05 Å². The molecule has 0 radical (unpaired) electrons. The normalized spacial score (nSPS) is 24.3. The maximum atomic E-state index is 5.07. The van der Waals surface area contributed by atoms with Gasteiger partial charge < -0.3 is 9.30 Å². The summed E-state index contributed by atoms with van der Waals surface area (Å²) in [6.07, 6.45) is 3.96. The van der Waals surface area contributed by atoms with Gasteiger partial charge in [-0.15, -0.1) is 0 Å². The van der Waals surface area contributed by atoms with Crippen LogP contribution in [0.4, 0.5) is 0 Å². The summed E-state index contributed by atoms with van der Waals surface area (Å²) in [4.78, 5) is 3.97. The Hall–Kier alpha value is -0.830. The molecule has 1 aromatic heterocycles. The molecule has 1 fully saturated rings. The van der Waals surface area contributed by atoms with Crippen LogP contribution in [0.3, 0.4) is 0 Å². The molecule has 0 amide bonds. The lowest BCUT2D eigenvalue weighted by Gasteiger charge is -1.92. The molecule has 1 atom stereocenters. The highest BCUT2D eigenvalue weighted by Gasteiger charge is 2.26. The fourth-order valence-corrected chi connectivity index (χ4v) is 0.897. The van der Waals surface area contributed by atoms with Crippen molar-refractivity contribution in [3.05, 3.63) is 18.2 Å². The van der Waals surface area contributed by atoms with E-state index in [0.717, 1.165) is 6.61 Å². The highest BCUT2D eigenvalue weighted by atomic mass is 16.6. The Balaban J connectivity index is 2.35. The van der Waals surface area contributed by atoms with E-state index in [2.05, 4.69) is 4.98 Å². The van der Waals surface area contributed by atoms with Gasteiger partial charge in [0.15, 0.2) is 0 Å². The first-order valence-electron chi connectivity index (χ1n) is 2.96. The van der Waals surface area contributed by atoms with Crippen LogP contribution >= 0.6 is 0 Å². The first-order chi connectivity index (χ1) is 4.38. The Morgan fingerprint density at radius 2 is 2.67 bits per heavy atom. The van der Waals surface area contributed by atoms with Crippen LogP contribution in [0.25, 0.3) is 0 Å². The quantitative estimate of drug-likeness (QED) is 0.510. The van der Waals surface area contributed by atoms with Crippen LogP contribution in [-0.4, -0.2) is 16.2 Å². The van der Waals surface area contributed by atoms with Gasteiger partial charge in [-0.2, -0.15) is 0 Å². The number of hydrogen-bond donors (Lipinski definition) is 0. The van der Waals surface area contributed by atoms with E-state index in [1.807, 2.05) is 17.8 Å². The van der Waals surface area contributed by atoms with Crippen LogP contribution in [0.15, 0.2) is 12.5 Å². The summed E-state index contributed by atoms with van der Waals surface area (Å²) >= 11 is 0. The lowest BCUT2D eigenvalue weighted by Crippen LogP contribution is -1.91. The monoisotopic (exact) mass is 124 g/mol. The fourth-order valence-electron chi connectivity index (χ4n) is 0.897. The van der Waals surface area contributed by atoms with Crippen molar-refractivity contribution in [1.29, 1.82) is 0 Å². The molecule has 48 valence electrons. The van der Waals surface area contributed by atoms with Crippen molar-refractivity contribution in [1.82, 2.24) is 9.55 Å². The predicted molar refractivity (Wildman–Crippen MR) is 31.9 cm³/mol. The highest BCUT2D eigenvalue weighted by Crippen LogP contribution is 2.28. The van der Waals surface area contributed by atoms with Crippen LogP contribution in [-0.2, 0) is 11.8 Å². The number of epoxide rings is 1. The molecule has 2 heterocycles. The average Bonchev–Trinajstić information content (AvgIpc) is 2.58. The van der Waals surface area contributed by atoms with E-state index in [1.165, 1.54) is 5.69 Å². The minimum absolute atomic E-state index is 0.331.